The van der Waals surface area contributed by atoms with E-state index in [0.717, 1.165) is 45.0 Å². The van der Waals surface area contributed by atoms with Crippen molar-refractivity contribution in [1.29, 1.82) is 0 Å². The number of hydrogen-bond acceptors (Lipinski definition) is 3. The van der Waals surface area contributed by atoms with Crippen LogP contribution in [0.25, 0.3) is 0 Å². The van der Waals surface area contributed by atoms with Crippen LogP contribution in [0.3, 0.4) is 0 Å². The highest BCUT2D eigenvalue weighted by Crippen LogP contribution is 2.20. The predicted molar refractivity (Wildman–Crippen MR) is 127 cm³/mol. The number of fused-ring (bicyclic) bond motifs is 1. The van der Waals surface area contributed by atoms with Gasteiger partial charge in [0.25, 0.3) is 0 Å². The van der Waals surface area contributed by atoms with Gasteiger partial charge in [-0.15, -0.1) is 35.3 Å². The number of aliphatic imine (C=N–C) groups is 1. The third kappa shape index (κ3) is 6.19. The second kappa shape index (κ2) is 11.0. The molecule has 27 heavy (non-hydrogen) atoms. The van der Waals surface area contributed by atoms with Crippen molar-refractivity contribution >= 4 is 41.3 Å². The van der Waals surface area contributed by atoms with Crippen molar-refractivity contribution in [2.24, 2.45) is 4.99 Å². The maximum absolute atomic E-state index is 4.46. The Hall–Kier alpha value is -1.12. The van der Waals surface area contributed by atoms with Crippen LogP contribution in [-0.4, -0.2) is 55.5 Å². The van der Waals surface area contributed by atoms with Crippen LogP contribution in [0.1, 0.15) is 22.9 Å². The van der Waals surface area contributed by atoms with Gasteiger partial charge in [-0.2, -0.15) is 0 Å². The van der Waals surface area contributed by atoms with E-state index in [-0.39, 0.29) is 24.0 Å². The highest BCUT2D eigenvalue weighted by molar-refractivity contribution is 14.0. The zero-order chi connectivity index (χ0) is 18.4. The first-order chi connectivity index (χ1) is 12.7. The molecule has 1 N–H and O–H groups in total. The minimum Gasteiger partial charge on any atom is -0.355 e. The van der Waals surface area contributed by atoms with Gasteiger partial charge >= 0.3 is 0 Å². The van der Waals surface area contributed by atoms with Crippen molar-refractivity contribution in [2.45, 2.75) is 32.4 Å². The van der Waals surface area contributed by atoms with Gasteiger partial charge in [0, 0.05) is 51.2 Å². The molecule has 1 atom stereocenters. The van der Waals surface area contributed by atoms with E-state index in [0.29, 0.717) is 6.04 Å². The van der Waals surface area contributed by atoms with E-state index in [1.165, 1.54) is 16.0 Å². The van der Waals surface area contributed by atoms with Crippen LogP contribution in [0.5, 0.6) is 0 Å². The number of thiophene rings is 1. The summed E-state index contributed by atoms with van der Waals surface area (Å²) in [6, 6.07) is 13.6. The summed E-state index contributed by atoms with van der Waals surface area (Å²) in [6.45, 7) is 6.38. The van der Waals surface area contributed by atoms with Crippen molar-refractivity contribution < 1.29 is 0 Å². The fraction of sp³-hybridized carbons (Fsp3) is 0.476. The largest absolute Gasteiger partial charge is 0.355 e. The first-order valence-electron chi connectivity index (χ1n) is 9.42. The quantitative estimate of drug-likeness (QED) is 0.373. The molecule has 1 aromatic carbocycles. The monoisotopic (exact) mass is 498 g/mol. The van der Waals surface area contributed by atoms with Crippen molar-refractivity contribution in [3.63, 3.8) is 0 Å². The molecule has 0 aliphatic carbocycles. The van der Waals surface area contributed by atoms with E-state index in [9.17, 15) is 0 Å². The van der Waals surface area contributed by atoms with Crippen LogP contribution in [0.4, 0.5) is 0 Å². The third-order valence-electron chi connectivity index (χ3n) is 5.19. The lowest BCUT2D eigenvalue weighted by atomic mass is 9.99. The van der Waals surface area contributed by atoms with Gasteiger partial charge in [0.1, 0.15) is 0 Å². The van der Waals surface area contributed by atoms with Gasteiger partial charge in [-0.1, -0.05) is 30.3 Å². The maximum atomic E-state index is 4.46. The average molecular weight is 498 g/mol. The number of nitrogens with zero attached hydrogens (tertiary/aromatic N) is 3. The number of benzene rings is 1. The van der Waals surface area contributed by atoms with Gasteiger partial charge in [-0.05, 0) is 42.3 Å². The number of hydrogen-bond donors (Lipinski definition) is 1. The molecule has 1 unspecified atom stereocenters. The summed E-state index contributed by atoms with van der Waals surface area (Å²) < 4.78 is 0. The molecule has 1 aromatic heterocycles. The molecular formula is C21H31IN4S. The number of guanidine groups is 1. The van der Waals surface area contributed by atoms with E-state index in [2.05, 4.69) is 75.9 Å². The van der Waals surface area contributed by atoms with Gasteiger partial charge in [0.2, 0.25) is 0 Å². The second-order valence-corrected chi connectivity index (χ2v) is 8.05. The van der Waals surface area contributed by atoms with Crippen LogP contribution in [0.15, 0.2) is 46.8 Å². The lowest BCUT2D eigenvalue weighted by Crippen LogP contribution is -2.48. The van der Waals surface area contributed by atoms with Gasteiger partial charge in [0.15, 0.2) is 5.96 Å². The SMILES string of the molecule is CN=C(NCC(C)N1CCc2ccccc2C1)N(C)CCc1cccs1.I. The summed E-state index contributed by atoms with van der Waals surface area (Å²) >= 11 is 1.82. The highest BCUT2D eigenvalue weighted by atomic mass is 127. The summed E-state index contributed by atoms with van der Waals surface area (Å²) in [5, 5.41) is 5.70. The Kier molecular flexibility index (Phi) is 9.05. The number of halogens is 1. The van der Waals surface area contributed by atoms with Crippen LogP contribution in [0.2, 0.25) is 0 Å². The molecule has 0 bridgehead atoms. The molecular weight excluding hydrogens is 467 g/mol. The summed E-state index contributed by atoms with van der Waals surface area (Å²) in [4.78, 5) is 10.7. The molecule has 0 spiro atoms. The molecule has 4 nitrogen and oxygen atoms in total. The van der Waals surface area contributed by atoms with E-state index in [1.54, 1.807) is 0 Å². The normalized spacial score (nSPS) is 15.6. The van der Waals surface area contributed by atoms with Crippen molar-refractivity contribution in [1.82, 2.24) is 15.1 Å². The molecule has 2 heterocycles. The van der Waals surface area contributed by atoms with E-state index in [1.807, 2.05) is 18.4 Å². The Labute approximate surface area is 184 Å². The average Bonchev–Trinajstić information content (AvgIpc) is 3.20. The smallest absolute Gasteiger partial charge is 0.193 e. The maximum Gasteiger partial charge on any atom is 0.193 e. The molecule has 0 amide bonds. The summed E-state index contributed by atoms with van der Waals surface area (Å²) in [6.07, 6.45) is 2.21. The minimum atomic E-state index is 0. The Morgan fingerprint density at radius 1 is 1.26 bits per heavy atom. The highest BCUT2D eigenvalue weighted by Gasteiger charge is 2.20. The van der Waals surface area contributed by atoms with Crippen LogP contribution >= 0.6 is 35.3 Å². The molecule has 1 aliphatic rings. The molecule has 3 rings (SSSR count). The zero-order valence-electron chi connectivity index (χ0n) is 16.5. The Morgan fingerprint density at radius 3 is 2.74 bits per heavy atom. The molecule has 0 saturated carbocycles. The lowest BCUT2D eigenvalue weighted by Gasteiger charge is -2.34. The van der Waals surface area contributed by atoms with Gasteiger partial charge in [0.05, 0.1) is 0 Å². The van der Waals surface area contributed by atoms with Crippen LogP contribution in [-0.2, 0) is 19.4 Å². The minimum absolute atomic E-state index is 0. The number of nitrogens with one attached hydrogen (secondary N) is 1. The Balaban J connectivity index is 0.00000261. The van der Waals surface area contributed by atoms with E-state index >= 15 is 0 Å². The van der Waals surface area contributed by atoms with E-state index in [4.69, 9.17) is 0 Å². The number of likely N-dealkylation sites (N-methyl/N-ethyl adjacent to an activating group) is 1. The first-order valence-corrected chi connectivity index (χ1v) is 10.3. The van der Waals surface area contributed by atoms with Crippen LogP contribution in [0, 0.1) is 0 Å². The van der Waals surface area contributed by atoms with E-state index < -0.39 is 0 Å². The van der Waals surface area contributed by atoms with Crippen molar-refractivity contribution in [2.75, 3.05) is 33.7 Å². The molecule has 6 heteroatoms. The number of rotatable bonds is 6. The summed E-state index contributed by atoms with van der Waals surface area (Å²) in [5.74, 6) is 0.978. The molecule has 0 saturated heterocycles. The molecule has 148 valence electrons. The van der Waals surface area contributed by atoms with Gasteiger partial charge < -0.3 is 10.2 Å². The fourth-order valence-corrected chi connectivity index (χ4v) is 4.18. The lowest BCUT2D eigenvalue weighted by molar-refractivity contribution is 0.190. The fourth-order valence-electron chi connectivity index (χ4n) is 3.49. The Morgan fingerprint density at radius 2 is 2.04 bits per heavy atom. The standard InChI is InChI=1S/C21H30N4S.HI/c1-17(25-13-10-18-7-4-5-8-19(18)16-25)15-23-21(22-2)24(3)12-11-20-9-6-14-26-20;/h4-9,14,17H,10-13,15-16H2,1-3H3,(H,22,23);1H. The molecule has 0 radical (unpaired) electrons. The topological polar surface area (TPSA) is 30.9 Å². The molecule has 0 fully saturated rings. The van der Waals surface area contributed by atoms with Crippen molar-refractivity contribution in [3.8, 4) is 0 Å². The van der Waals surface area contributed by atoms with Crippen molar-refractivity contribution in [3.05, 3.63) is 57.8 Å². The Bertz CT molecular complexity index is 717. The van der Waals surface area contributed by atoms with Gasteiger partial charge in [-0.25, -0.2) is 0 Å². The summed E-state index contributed by atoms with van der Waals surface area (Å²) in [5.41, 5.74) is 2.98. The third-order valence-corrected chi connectivity index (χ3v) is 6.12. The van der Waals surface area contributed by atoms with Gasteiger partial charge in [-0.3, -0.25) is 9.89 Å². The second-order valence-electron chi connectivity index (χ2n) is 7.02. The molecule has 2 aromatic rings. The van der Waals surface area contributed by atoms with Crippen LogP contribution < -0.4 is 5.32 Å². The molecule has 1 aliphatic heterocycles. The zero-order valence-corrected chi connectivity index (χ0v) is 19.7. The predicted octanol–water partition coefficient (Wildman–Crippen LogP) is 3.86. The summed E-state index contributed by atoms with van der Waals surface area (Å²) in [7, 11) is 3.98. The first kappa shape index (κ1) is 22.2.